The number of hydrogen-bond acceptors (Lipinski definition) is 4. The molecule has 1 aromatic carbocycles. The van der Waals surface area contributed by atoms with E-state index in [4.69, 9.17) is 0 Å². The molecule has 8 heteroatoms. The average molecular weight is 424 g/mol. The predicted octanol–water partition coefficient (Wildman–Crippen LogP) is 3.08. The minimum atomic E-state index is -3.54. The second-order valence-electron chi connectivity index (χ2n) is 7.51. The number of rotatable bonds is 11. The van der Waals surface area contributed by atoms with E-state index >= 15 is 0 Å². The lowest BCUT2D eigenvalue weighted by Crippen LogP contribution is -2.32. The number of nitrogens with zero attached hydrogens (tertiary/aromatic N) is 2. The summed E-state index contributed by atoms with van der Waals surface area (Å²) in [4.78, 5) is 26.5. The molecule has 1 aliphatic heterocycles. The monoisotopic (exact) mass is 423 g/mol. The van der Waals surface area contributed by atoms with Gasteiger partial charge in [0.2, 0.25) is 21.8 Å². The maximum Gasteiger partial charge on any atom is 0.243 e. The van der Waals surface area contributed by atoms with E-state index in [-0.39, 0.29) is 29.0 Å². The smallest absolute Gasteiger partial charge is 0.243 e. The van der Waals surface area contributed by atoms with Crippen molar-refractivity contribution in [3.05, 3.63) is 24.3 Å². The fourth-order valence-corrected chi connectivity index (χ4v) is 5.09. The van der Waals surface area contributed by atoms with Crippen LogP contribution in [0, 0.1) is 5.92 Å². The summed E-state index contributed by atoms with van der Waals surface area (Å²) in [5.74, 6) is -0.550. The number of likely N-dealkylation sites (tertiary alicyclic amines) is 1. The van der Waals surface area contributed by atoms with Crippen molar-refractivity contribution in [3.8, 4) is 0 Å². The quantitative estimate of drug-likeness (QED) is 0.593. The summed E-state index contributed by atoms with van der Waals surface area (Å²) in [7, 11) is -3.54. The molecule has 1 unspecified atom stereocenters. The highest BCUT2D eigenvalue weighted by Gasteiger charge is 2.34. The zero-order valence-corrected chi connectivity index (χ0v) is 18.5. The molecule has 0 spiro atoms. The molecule has 1 heterocycles. The largest absolute Gasteiger partial charge is 0.342 e. The number of sulfonamides is 1. The normalized spacial score (nSPS) is 17.2. The van der Waals surface area contributed by atoms with Crippen molar-refractivity contribution in [3.63, 3.8) is 0 Å². The second kappa shape index (κ2) is 10.7. The second-order valence-corrected chi connectivity index (χ2v) is 9.45. The number of unbranched alkanes of at least 4 members (excludes halogenated alkanes) is 1. The Bertz CT molecular complexity index is 787. The van der Waals surface area contributed by atoms with Crippen molar-refractivity contribution in [2.75, 3.05) is 31.5 Å². The number of anilines is 1. The van der Waals surface area contributed by atoms with Gasteiger partial charge in [0.25, 0.3) is 0 Å². The Labute approximate surface area is 174 Å². The first-order valence-electron chi connectivity index (χ1n) is 10.5. The van der Waals surface area contributed by atoms with Crippen LogP contribution in [0.1, 0.15) is 52.9 Å². The van der Waals surface area contributed by atoms with Crippen LogP contribution in [0.5, 0.6) is 0 Å². The molecule has 2 amide bonds. The van der Waals surface area contributed by atoms with E-state index in [0.29, 0.717) is 31.9 Å². The summed E-state index contributed by atoms with van der Waals surface area (Å²) in [5, 5.41) is 2.81. The summed E-state index contributed by atoms with van der Waals surface area (Å²) >= 11 is 0. The number of nitrogens with one attached hydrogen (secondary N) is 1. The van der Waals surface area contributed by atoms with Crippen molar-refractivity contribution < 1.29 is 18.0 Å². The number of carbonyl (C=O) groups excluding carboxylic acids is 2. The van der Waals surface area contributed by atoms with Crippen LogP contribution in [-0.4, -0.2) is 55.6 Å². The number of carbonyl (C=O) groups is 2. The molecule has 0 bridgehead atoms. The van der Waals surface area contributed by atoms with E-state index in [1.807, 2.05) is 13.8 Å². The van der Waals surface area contributed by atoms with Crippen LogP contribution in [0.15, 0.2) is 29.2 Å². The number of amides is 2. The Kier molecular flexibility index (Phi) is 8.64. The Morgan fingerprint density at radius 3 is 2.28 bits per heavy atom. The maximum absolute atomic E-state index is 12.8. The van der Waals surface area contributed by atoms with Crippen LogP contribution in [0.25, 0.3) is 0 Å². The molecule has 0 aromatic heterocycles. The van der Waals surface area contributed by atoms with Crippen LogP contribution < -0.4 is 5.32 Å². The zero-order chi connectivity index (χ0) is 21.4. The average Bonchev–Trinajstić information content (AvgIpc) is 3.07. The van der Waals surface area contributed by atoms with Gasteiger partial charge in [0.05, 0.1) is 10.8 Å². The Balaban J connectivity index is 2.01. The summed E-state index contributed by atoms with van der Waals surface area (Å²) in [5.41, 5.74) is 0.533. The van der Waals surface area contributed by atoms with Gasteiger partial charge in [-0.15, -0.1) is 0 Å². The van der Waals surface area contributed by atoms with Crippen LogP contribution in [0.3, 0.4) is 0 Å². The highest BCUT2D eigenvalue weighted by atomic mass is 32.2. The molecule has 7 nitrogen and oxygen atoms in total. The fraction of sp³-hybridized carbons (Fsp3) is 0.619. The molecule has 1 aliphatic rings. The zero-order valence-electron chi connectivity index (χ0n) is 17.7. The molecule has 29 heavy (non-hydrogen) atoms. The fourth-order valence-electron chi connectivity index (χ4n) is 3.47. The molecule has 1 N–H and O–H groups in total. The van der Waals surface area contributed by atoms with Gasteiger partial charge in [0.1, 0.15) is 0 Å². The van der Waals surface area contributed by atoms with Crippen LogP contribution in [-0.2, 0) is 19.6 Å². The van der Waals surface area contributed by atoms with Crippen molar-refractivity contribution in [2.24, 2.45) is 5.92 Å². The lowest BCUT2D eigenvalue weighted by molar-refractivity contribution is -0.128. The van der Waals surface area contributed by atoms with Gasteiger partial charge >= 0.3 is 0 Å². The number of hydrogen-bond donors (Lipinski definition) is 1. The number of benzene rings is 1. The van der Waals surface area contributed by atoms with Gasteiger partial charge in [0.15, 0.2) is 0 Å². The maximum atomic E-state index is 12.8. The van der Waals surface area contributed by atoms with Gasteiger partial charge in [-0.25, -0.2) is 8.42 Å². The van der Waals surface area contributed by atoms with Gasteiger partial charge in [0, 0.05) is 38.3 Å². The first-order chi connectivity index (χ1) is 13.8. The molecule has 162 valence electrons. The molecule has 0 radical (unpaired) electrons. The minimum Gasteiger partial charge on any atom is -0.342 e. The van der Waals surface area contributed by atoms with Crippen LogP contribution in [0.4, 0.5) is 5.69 Å². The molecule has 1 fully saturated rings. The standard InChI is InChI=1S/C21H33N3O4S/c1-4-7-14-23-16-17(15-20(23)25)21(26)22-18-8-10-19(11-9-18)29(27,28)24(12-5-2)13-6-3/h8-11,17H,4-7,12-16H2,1-3H3,(H,22,26). The molecule has 0 saturated carbocycles. The summed E-state index contributed by atoms with van der Waals surface area (Å²) < 4.78 is 27.1. The lowest BCUT2D eigenvalue weighted by Gasteiger charge is -2.21. The van der Waals surface area contributed by atoms with Crippen molar-refractivity contribution in [1.29, 1.82) is 0 Å². The van der Waals surface area contributed by atoms with E-state index in [9.17, 15) is 18.0 Å². The molecule has 2 rings (SSSR count). The first kappa shape index (κ1) is 23.3. The molecule has 1 atom stereocenters. The third-order valence-electron chi connectivity index (χ3n) is 5.07. The molecular formula is C21H33N3O4S. The predicted molar refractivity (Wildman–Crippen MR) is 114 cm³/mol. The van der Waals surface area contributed by atoms with Gasteiger partial charge in [-0.2, -0.15) is 4.31 Å². The molecular weight excluding hydrogens is 390 g/mol. The van der Waals surface area contributed by atoms with Crippen LogP contribution in [0.2, 0.25) is 0 Å². The van der Waals surface area contributed by atoms with E-state index < -0.39 is 10.0 Å². The van der Waals surface area contributed by atoms with E-state index in [1.165, 1.54) is 16.4 Å². The Hall–Kier alpha value is -1.93. The van der Waals surface area contributed by atoms with Crippen molar-refractivity contribution >= 4 is 27.5 Å². The highest BCUT2D eigenvalue weighted by molar-refractivity contribution is 7.89. The van der Waals surface area contributed by atoms with E-state index in [0.717, 1.165) is 25.7 Å². The SMILES string of the molecule is CCCCN1CC(C(=O)Nc2ccc(S(=O)(=O)N(CCC)CCC)cc2)CC1=O. The van der Waals surface area contributed by atoms with Gasteiger partial charge < -0.3 is 10.2 Å². The van der Waals surface area contributed by atoms with E-state index in [2.05, 4.69) is 12.2 Å². The third kappa shape index (κ3) is 6.02. The highest BCUT2D eigenvalue weighted by Crippen LogP contribution is 2.22. The Morgan fingerprint density at radius 2 is 1.72 bits per heavy atom. The molecule has 1 aromatic rings. The Morgan fingerprint density at radius 1 is 1.10 bits per heavy atom. The molecule has 0 aliphatic carbocycles. The lowest BCUT2D eigenvalue weighted by atomic mass is 10.1. The van der Waals surface area contributed by atoms with Gasteiger partial charge in [-0.3, -0.25) is 9.59 Å². The first-order valence-corrected chi connectivity index (χ1v) is 12.0. The summed E-state index contributed by atoms with van der Waals surface area (Å²) in [6, 6.07) is 6.26. The molecule has 1 saturated heterocycles. The van der Waals surface area contributed by atoms with Crippen molar-refractivity contribution in [1.82, 2.24) is 9.21 Å². The van der Waals surface area contributed by atoms with Crippen LogP contribution >= 0.6 is 0 Å². The van der Waals surface area contributed by atoms with Gasteiger partial charge in [-0.1, -0.05) is 27.2 Å². The topological polar surface area (TPSA) is 86.8 Å². The van der Waals surface area contributed by atoms with Gasteiger partial charge in [-0.05, 0) is 43.5 Å². The van der Waals surface area contributed by atoms with Crippen molar-refractivity contribution in [2.45, 2.75) is 57.8 Å². The third-order valence-corrected chi connectivity index (χ3v) is 6.99. The van der Waals surface area contributed by atoms with E-state index in [1.54, 1.807) is 17.0 Å². The minimum absolute atomic E-state index is 0.0204. The summed E-state index contributed by atoms with van der Waals surface area (Å²) in [6.07, 6.45) is 3.67. The summed E-state index contributed by atoms with van der Waals surface area (Å²) in [6.45, 7) is 8.08.